The van der Waals surface area contributed by atoms with Crippen LogP contribution in [0, 0.1) is 6.92 Å². The molecule has 192 valence electrons. The van der Waals surface area contributed by atoms with Crippen LogP contribution in [-0.2, 0) is 0 Å². The Labute approximate surface area is 231 Å². The molecule has 0 spiro atoms. The van der Waals surface area contributed by atoms with E-state index < -0.39 is 5.97 Å². The van der Waals surface area contributed by atoms with Crippen LogP contribution in [0.4, 0.5) is 0 Å². The third-order valence-electron chi connectivity index (χ3n) is 6.13. The second-order valence-corrected chi connectivity index (χ2v) is 9.74. The zero-order valence-corrected chi connectivity index (χ0v) is 22.2. The van der Waals surface area contributed by atoms with Crippen molar-refractivity contribution >= 4 is 39.0 Å². The molecule has 2 heterocycles. The van der Waals surface area contributed by atoms with Crippen LogP contribution in [0.2, 0.25) is 0 Å². The van der Waals surface area contributed by atoms with Crippen molar-refractivity contribution in [1.82, 2.24) is 9.66 Å². The highest BCUT2D eigenvalue weighted by Crippen LogP contribution is 2.33. The zero-order chi connectivity index (χ0) is 26.9. The third kappa shape index (κ3) is 4.92. The molecule has 0 fully saturated rings. The van der Waals surface area contributed by atoms with Crippen LogP contribution in [-0.4, -0.2) is 28.6 Å². The van der Waals surface area contributed by atoms with Crippen LogP contribution < -0.4 is 19.8 Å². The second-order valence-electron chi connectivity index (χ2n) is 8.82. The number of aromatic nitrogens is 2. The number of fused-ring (bicyclic) bond motifs is 2. The number of rotatable bonds is 5. The first-order chi connectivity index (χ1) is 19.0. The molecule has 1 aliphatic rings. The smallest absolute Gasteiger partial charge is 0.343 e. The van der Waals surface area contributed by atoms with Crippen molar-refractivity contribution in [3.05, 3.63) is 116 Å². The summed E-state index contributed by atoms with van der Waals surface area (Å²) in [6, 6.07) is 24.8. The molecule has 0 saturated heterocycles. The summed E-state index contributed by atoms with van der Waals surface area (Å²) in [4.78, 5) is 31.2. The Morgan fingerprint density at radius 3 is 2.72 bits per heavy atom. The van der Waals surface area contributed by atoms with Gasteiger partial charge in [-0.05, 0) is 61.5 Å². The number of ether oxygens (including phenoxy) is 3. The molecular weight excluding hydrogens is 562 g/mol. The second kappa shape index (κ2) is 10.2. The molecule has 0 N–H and O–H groups in total. The van der Waals surface area contributed by atoms with E-state index in [4.69, 9.17) is 19.2 Å². The number of carbonyl (C=O) groups excluding carboxylic acids is 1. The molecule has 5 aromatic rings. The number of nitrogens with zero attached hydrogens (tertiary/aromatic N) is 3. The van der Waals surface area contributed by atoms with Gasteiger partial charge in [0.2, 0.25) is 6.79 Å². The maximum Gasteiger partial charge on any atom is 0.343 e. The van der Waals surface area contributed by atoms with E-state index in [1.165, 1.54) is 10.9 Å². The first kappa shape index (κ1) is 24.6. The molecule has 0 bridgehead atoms. The topological polar surface area (TPSA) is 92.0 Å². The van der Waals surface area contributed by atoms with Crippen molar-refractivity contribution in [2.75, 3.05) is 6.79 Å². The lowest BCUT2D eigenvalue weighted by Gasteiger charge is -2.11. The SMILES string of the molecule is Cc1cccc(-c2nc3ccccc3c(=O)n2N=Cc2cc(Br)ccc2OC(=O)c2ccc3c(c2)OCO3)c1. The largest absolute Gasteiger partial charge is 0.454 e. The third-order valence-corrected chi connectivity index (χ3v) is 6.62. The predicted molar refractivity (Wildman–Crippen MR) is 151 cm³/mol. The minimum atomic E-state index is -0.574. The van der Waals surface area contributed by atoms with Crippen molar-refractivity contribution < 1.29 is 19.0 Å². The van der Waals surface area contributed by atoms with Crippen molar-refractivity contribution in [2.24, 2.45) is 5.10 Å². The highest BCUT2D eigenvalue weighted by Gasteiger charge is 2.19. The summed E-state index contributed by atoms with van der Waals surface area (Å²) in [5, 5.41) is 4.97. The Morgan fingerprint density at radius 1 is 1.00 bits per heavy atom. The van der Waals surface area contributed by atoms with Crippen molar-refractivity contribution in [2.45, 2.75) is 6.92 Å². The molecule has 9 heteroatoms. The number of esters is 1. The Bertz CT molecular complexity index is 1850. The van der Waals surface area contributed by atoms with Crippen LogP contribution in [0.25, 0.3) is 22.3 Å². The summed E-state index contributed by atoms with van der Waals surface area (Å²) >= 11 is 3.46. The number of benzene rings is 4. The molecule has 1 aliphatic heterocycles. The van der Waals surface area contributed by atoms with E-state index in [1.54, 1.807) is 54.6 Å². The molecule has 4 aromatic carbocycles. The lowest BCUT2D eigenvalue weighted by molar-refractivity contribution is 0.0734. The summed E-state index contributed by atoms with van der Waals surface area (Å²) in [7, 11) is 0. The molecular formula is C30H20BrN3O5. The lowest BCUT2D eigenvalue weighted by atomic mass is 10.1. The van der Waals surface area contributed by atoms with Gasteiger partial charge >= 0.3 is 5.97 Å². The van der Waals surface area contributed by atoms with E-state index in [1.807, 2.05) is 37.3 Å². The van der Waals surface area contributed by atoms with Gasteiger partial charge < -0.3 is 14.2 Å². The number of aryl methyl sites for hydroxylation is 1. The van der Waals surface area contributed by atoms with Gasteiger partial charge in [-0.3, -0.25) is 4.79 Å². The van der Waals surface area contributed by atoms with Crippen LogP contribution >= 0.6 is 15.9 Å². The van der Waals surface area contributed by atoms with Crippen molar-refractivity contribution in [3.8, 4) is 28.6 Å². The van der Waals surface area contributed by atoms with Crippen LogP contribution in [0.5, 0.6) is 17.2 Å². The Morgan fingerprint density at radius 2 is 1.85 bits per heavy atom. The molecule has 0 atom stereocenters. The van der Waals surface area contributed by atoms with E-state index in [0.717, 1.165) is 15.6 Å². The van der Waals surface area contributed by atoms with E-state index >= 15 is 0 Å². The maximum absolute atomic E-state index is 13.5. The quantitative estimate of drug-likeness (QED) is 0.144. The van der Waals surface area contributed by atoms with Crippen molar-refractivity contribution in [3.63, 3.8) is 0 Å². The van der Waals surface area contributed by atoms with Crippen LogP contribution in [0.3, 0.4) is 0 Å². The number of hydrogen-bond donors (Lipinski definition) is 0. The average Bonchev–Trinajstić information content (AvgIpc) is 3.42. The number of halogens is 1. The standard InChI is InChI=1S/C30H20BrN3O5/c1-18-5-4-6-19(13-18)28-33-24-8-3-2-7-23(24)29(35)34(28)32-16-21-14-22(31)10-12-25(21)39-30(36)20-9-11-26-27(15-20)38-17-37-26/h2-16H,17H2,1H3. The number of hydrogen-bond acceptors (Lipinski definition) is 7. The van der Waals surface area contributed by atoms with Crippen LogP contribution in [0.1, 0.15) is 21.5 Å². The van der Waals surface area contributed by atoms with Gasteiger partial charge in [0.05, 0.1) is 22.7 Å². The fourth-order valence-corrected chi connectivity index (χ4v) is 4.60. The summed E-state index contributed by atoms with van der Waals surface area (Å²) in [6.07, 6.45) is 1.48. The van der Waals surface area contributed by atoms with Gasteiger partial charge in [0.15, 0.2) is 17.3 Å². The molecule has 6 rings (SSSR count). The Balaban J connectivity index is 1.40. The monoisotopic (exact) mass is 581 g/mol. The summed E-state index contributed by atoms with van der Waals surface area (Å²) in [6.45, 7) is 2.08. The summed E-state index contributed by atoms with van der Waals surface area (Å²) in [5.41, 5.74) is 2.82. The van der Waals surface area contributed by atoms with Gasteiger partial charge in [-0.1, -0.05) is 51.8 Å². The van der Waals surface area contributed by atoms with Gasteiger partial charge in [0.1, 0.15) is 5.75 Å². The highest BCUT2D eigenvalue weighted by molar-refractivity contribution is 9.10. The molecule has 0 saturated carbocycles. The lowest BCUT2D eigenvalue weighted by Crippen LogP contribution is -2.20. The molecule has 0 aliphatic carbocycles. The summed E-state index contributed by atoms with van der Waals surface area (Å²) in [5.74, 6) is 1.14. The fourth-order valence-electron chi connectivity index (χ4n) is 4.22. The fraction of sp³-hybridized carbons (Fsp3) is 0.0667. The van der Waals surface area contributed by atoms with Gasteiger partial charge in [0.25, 0.3) is 5.56 Å². The van der Waals surface area contributed by atoms with Gasteiger partial charge in [-0.15, -0.1) is 0 Å². The molecule has 1 aromatic heterocycles. The first-order valence-corrected chi connectivity index (χ1v) is 12.8. The molecule has 0 radical (unpaired) electrons. The number of para-hydroxylation sites is 1. The maximum atomic E-state index is 13.5. The minimum absolute atomic E-state index is 0.106. The van der Waals surface area contributed by atoms with E-state index in [9.17, 15) is 9.59 Å². The van der Waals surface area contributed by atoms with E-state index in [-0.39, 0.29) is 18.1 Å². The van der Waals surface area contributed by atoms with E-state index in [0.29, 0.717) is 39.4 Å². The average molecular weight is 582 g/mol. The van der Waals surface area contributed by atoms with Gasteiger partial charge in [0, 0.05) is 15.6 Å². The summed E-state index contributed by atoms with van der Waals surface area (Å²) < 4.78 is 18.4. The molecule has 39 heavy (non-hydrogen) atoms. The van der Waals surface area contributed by atoms with Gasteiger partial charge in [-0.2, -0.15) is 9.78 Å². The van der Waals surface area contributed by atoms with Gasteiger partial charge in [-0.25, -0.2) is 9.78 Å². The molecule has 0 amide bonds. The zero-order valence-electron chi connectivity index (χ0n) is 20.6. The van der Waals surface area contributed by atoms with E-state index in [2.05, 4.69) is 21.0 Å². The Kier molecular flexibility index (Phi) is 6.42. The molecule has 0 unspecified atom stereocenters. The highest BCUT2D eigenvalue weighted by atomic mass is 79.9. The molecule has 8 nitrogen and oxygen atoms in total. The first-order valence-electron chi connectivity index (χ1n) is 12.0. The number of carbonyl (C=O) groups is 1. The minimum Gasteiger partial charge on any atom is -0.454 e. The normalized spacial score (nSPS) is 12.3. The van der Waals surface area contributed by atoms with Crippen LogP contribution in [0.15, 0.2) is 99.3 Å². The predicted octanol–water partition coefficient (Wildman–Crippen LogP) is 5.96. The Hall–Kier alpha value is -4.76. The van der Waals surface area contributed by atoms with Crippen molar-refractivity contribution in [1.29, 1.82) is 0 Å².